The summed E-state index contributed by atoms with van der Waals surface area (Å²) in [4.78, 5) is 29.4. The molecule has 0 aromatic carbocycles. The quantitative estimate of drug-likeness (QED) is 0.729. The van der Waals surface area contributed by atoms with Gasteiger partial charge in [-0.25, -0.2) is 0 Å². The van der Waals surface area contributed by atoms with Crippen LogP contribution in [0.2, 0.25) is 0 Å². The smallest absolute Gasteiger partial charge is 0.236 e. The number of likely N-dealkylation sites (tertiary alicyclic amines) is 1. The van der Waals surface area contributed by atoms with Gasteiger partial charge in [-0.15, -0.1) is 0 Å². The minimum Gasteiger partial charge on any atom is -0.355 e. The molecule has 0 saturated carbocycles. The Balaban J connectivity index is 1.61. The first-order chi connectivity index (χ1) is 9.65. The minimum absolute atomic E-state index is 0.0276. The SMILES string of the molecule is CC(=O)NCCN1CCN(CC(=O)N2CCCC2)CC1. The fraction of sp³-hybridized carbons (Fsp3) is 0.857. The van der Waals surface area contributed by atoms with Crippen LogP contribution in [-0.4, -0.2) is 85.4 Å². The second-order valence-electron chi connectivity index (χ2n) is 5.69. The summed E-state index contributed by atoms with van der Waals surface area (Å²) in [6.07, 6.45) is 2.31. The van der Waals surface area contributed by atoms with Gasteiger partial charge in [0.25, 0.3) is 0 Å². The van der Waals surface area contributed by atoms with E-state index in [1.807, 2.05) is 4.90 Å². The van der Waals surface area contributed by atoms with Crippen LogP contribution < -0.4 is 5.32 Å². The lowest BCUT2D eigenvalue weighted by atomic mass is 10.3. The lowest BCUT2D eigenvalue weighted by Gasteiger charge is -2.34. The maximum absolute atomic E-state index is 12.1. The zero-order valence-corrected chi connectivity index (χ0v) is 12.4. The molecule has 0 bridgehead atoms. The Bertz CT molecular complexity index is 334. The predicted octanol–water partition coefficient (Wildman–Crippen LogP) is -0.637. The van der Waals surface area contributed by atoms with Crippen LogP contribution in [0.4, 0.5) is 0 Å². The predicted molar refractivity (Wildman–Crippen MR) is 77.4 cm³/mol. The molecule has 6 heteroatoms. The van der Waals surface area contributed by atoms with E-state index in [2.05, 4.69) is 15.1 Å². The van der Waals surface area contributed by atoms with Crippen molar-refractivity contribution in [2.75, 3.05) is 58.9 Å². The van der Waals surface area contributed by atoms with Crippen molar-refractivity contribution >= 4 is 11.8 Å². The highest BCUT2D eigenvalue weighted by Crippen LogP contribution is 2.09. The lowest BCUT2D eigenvalue weighted by molar-refractivity contribution is -0.131. The number of amides is 2. The monoisotopic (exact) mass is 282 g/mol. The fourth-order valence-electron chi connectivity index (χ4n) is 2.82. The molecule has 0 aromatic heterocycles. The first-order valence-electron chi connectivity index (χ1n) is 7.62. The molecule has 20 heavy (non-hydrogen) atoms. The number of carbonyl (C=O) groups is 2. The average molecular weight is 282 g/mol. The molecule has 114 valence electrons. The molecule has 2 heterocycles. The number of nitrogens with zero attached hydrogens (tertiary/aromatic N) is 3. The summed E-state index contributed by atoms with van der Waals surface area (Å²) in [6.45, 7) is 9.45. The van der Waals surface area contributed by atoms with Crippen LogP contribution in [0.5, 0.6) is 0 Å². The number of rotatable bonds is 5. The van der Waals surface area contributed by atoms with Crippen molar-refractivity contribution in [2.45, 2.75) is 19.8 Å². The van der Waals surface area contributed by atoms with E-state index >= 15 is 0 Å². The van der Waals surface area contributed by atoms with E-state index in [-0.39, 0.29) is 11.8 Å². The molecule has 0 aliphatic carbocycles. The molecule has 2 fully saturated rings. The Morgan fingerprint density at radius 2 is 1.55 bits per heavy atom. The molecule has 2 saturated heterocycles. The van der Waals surface area contributed by atoms with Gasteiger partial charge in [-0.2, -0.15) is 0 Å². The second-order valence-corrected chi connectivity index (χ2v) is 5.69. The van der Waals surface area contributed by atoms with Gasteiger partial charge in [0, 0.05) is 59.3 Å². The normalized spacial score (nSPS) is 21.1. The number of hydrogen-bond donors (Lipinski definition) is 1. The lowest BCUT2D eigenvalue weighted by Crippen LogP contribution is -2.51. The third-order valence-corrected chi connectivity index (χ3v) is 4.08. The van der Waals surface area contributed by atoms with E-state index in [9.17, 15) is 9.59 Å². The molecule has 0 atom stereocenters. The molecule has 2 aliphatic rings. The summed E-state index contributed by atoms with van der Waals surface area (Å²) < 4.78 is 0. The Morgan fingerprint density at radius 1 is 0.950 bits per heavy atom. The zero-order valence-electron chi connectivity index (χ0n) is 12.4. The summed E-state index contributed by atoms with van der Waals surface area (Å²) in [7, 11) is 0. The molecule has 0 unspecified atom stereocenters. The van der Waals surface area contributed by atoms with Crippen molar-refractivity contribution in [3.8, 4) is 0 Å². The van der Waals surface area contributed by atoms with Crippen LogP contribution in [0.15, 0.2) is 0 Å². The highest BCUT2D eigenvalue weighted by Gasteiger charge is 2.23. The van der Waals surface area contributed by atoms with Crippen molar-refractivity contribution in [1.82, 2.24) is 20.0 Å². The molecule has 0 aromatic rings. The Hall–Kier alpha value is -1.14. The minimum atomic E-state index is 0.0276. The Labute approximate surface area is 121 Å². The highest BCUT2D eigenvalue weighted by molar-refractivity contribution is 5.78. The Kier molecular flexibility index (Phi) is 5.79. The van der Waals surface area contributed by atoms with Crippen LogP contribution in [0.3, 0.4) is 0 Å². The summed E-state index contributed by atoms with van der Waals surface area (Å²) >= 11 is 0. The van der Waals surface area contributed by atoms with Crippen LogP contribution in [0, 0.1) is 0 Å². The number of hydrogen-bond acceptors (Lipinski definition) is 4. The average Bonchev–Trinajstić information content (AvgIpc) is 2.94. The van der Waals surface area contributed by atoms with Gasteiger partial charge in [-0.3, -0.25) is 19.4 Å². The Morgan fingerprint density at radius 3 is 2.15 bits per heavy atom. The molecule has 1 N–H and O–H groups in total. The van der Waals surface area contributed by atoms with E-state index in [4.69, 9.17) is 0 Å². The summed E-state index contributed by atoms with van der Waals surface area (Å²) in [5.41, 5.74) is 0. The number of piperazine rings is 1. The number of nitrogens with one attached hydrogen (secondary N) is 1. The molecular weight excluding hydrogens is 256 g/mol. The van der Waals surface area contributed by atoms with E-state index in [1.54, 1.807) is 6.92 Å². The summed E-state index contributed by atoms with van der Waals surface area (Å²) in [6, 6.07) is 0. The first kappa shape index (κ1) is 15.3. The van der Waals surface area contributed by atoms with Gasteiger partial charge < -0.3 is 10.2 Å². The van der Waals surface area contributed by atoms with E-state index in [0.717, 1.165) is 58.7 Å². The topological polar surface area (TPSA) is 55.9 Å². The summed E-state index contributed by atoms with van der Waals surface area (Å²) in [5.74, 6) is 0.314. The summed E-state index contributed by atoms with van der Waals surface area (Å²) in [5, 5.41) is 2.82. The maximum Gasteiger partial charge on any atom is 0.236 e. The van der Waals surface area contributed by atoms with Gasteiger partial charge >= 0.3 is 0 Å². The largest absolute Gasteiger partial charge is 0.355 e. The van der Waals surface area contributed by atoms with Gasteiger partial charge in [-0.05, 0) is 12.8 Å². The third-order valence-electron chi connectivity index (χ3n) is 4.08. The molecule has 2 amide bonds. The van der Waals surface area contributed by atoms with Gasteiger partial charge in [0.2, 0.25) is 11.8 Å². The van der Waals surface area contributed by atoms with Crippen molar-refractivity contribution in [3.05, 3.63) is 0 Å². The molecular formula is C14H26N4O2. The van der Waals surface area contributed by atoms with Crippen LogP contribution in [0.25, 0.3) is 0 Å². The van der Waals surface area contributed by atoms with Crippen molar-refractivity contribution in [1.29, 1.82) is 0 Å². The molecule has 0 spiro atoms. The second kappa shape index (κ2) is 7.59. The van der Waals surface area contributed by atoms with Gasteiger partial charge in [0.1, 0.15) is 0 Å². The third kappa shape index (κ3) is 4.76. The maximum atomic E-state index is 12.1. The van der Waals surface area contributed by atoms with Crippen molar-refractivity contribution < 1.29 is 9.59 Å². The standard InChI is InChI=1S/C14H26N4O2/c1-13(19)15-4-7-16-8-10-17(11-9-16)12-14(20)18-5-2-3-6-18/h2-12H2,1H3,(H,15,19). The highest BCUT2D eigenvalue weighted by atomic mass is 16.2. The number of carbonyl (C=O) groups excluding carboxylic acids is 2. The van der Waals surface area contributed by atoms with Crippen LogP contribution >= 0.6 is 0 Å². The van der Waals surface area contributed by atoms with Crippen molar-refractivity contribution in [2.24, 2.45) is 0 Å². The van der Waals surface area contributed by atoms with E-state index in [1.165, 1.54) is 0 Å². The fourth-order valence-corrected chi connectivity index (χ4v) is 2.82. The van der Waals surface area contributed by atoms with Crippen molar-refractivity contribution in [3.63, 3.8) is 0 Å². The zero-order chi connectivity index (χ0) is 14.4. The van der Waals surface area contributed by atoms with Gasteiger partial charge in [-0.1, -0.05) is 0 Å². The van der Waals surface area contributed by atoms with Gasteiger partial charge in [0.15, 0.2) is 0 Å². The van der Waals surface area contributed by atoms with Gasteiger partial charge in [0.05, 0.1) is 6.54 Å². The van der Waals surface area contributed by atoms with Crippen LogP contribution in [0.1, 0.15) is 19.8 Å². The molecule has 2 aliphatic heterocycles. The van der Waals surface area contributed by atoms with E-state index < -0.39 is 0 Å². The molecule has 2 rings (SSSR count). The first-order valence-corrected chi connectivity index (χ1v) is 7.62. The molecule has 6 nitrogen and oxygen atoms in total. The van der Waals surface area contributed by atoms with Crippen LogP contribution in [-0.2, 0) is 9.59 Å². The molecule has 0 radical (unpaired) electrons. The van der Waals surface area contributed by atoms with E-state index in [0.29, 0.717) is 13.1 Å².